The molecule has 23 heavy (non-hydrogen) atoms. The Balaban J connectivity index is 2.32. The van der Waals surface area contributed by atoms with E-state index in [0.29, 0.717) is 16.9 Å². The fourth-order valence-corrected chi connectivity index (χ4v) is 2.82. The Morgan fingerprint density at radius 2 is 1.83 bits per heavy atom. The van der Waals surface area contributed by atoms with Gasteiger partial charge in [-0.1, -0.05) is 18.2 Å². The quantitative estimate of drug-likeness (QED) is 0.670. The van der Waals surface area contributed by atoms with E-state index in [9.17, 15) is 13.6 Å². The lowest BCUT2D eigenvalue weighted by Crippen LogP contribution is -2.22. The van der Waals surface area contributed by atoms with Crippen molar-refractivity contribution in [3.63, 3.8) is 0 Å². The second-order valence-electron chi connectivity index (χ2n) is 4.95. The number of pyridine rings is 2. The van der Waals surface area contributed by atoms with Crippen LogP contribution in [0.4, 0.5) is 8.78 Å². The summed E-state index contributed by atoms with van der Waals surface area (Å²) >= 11 is 3.21. The van der Waals surface area contributed by atoms with Gasteiger partial charge in [-0.2, -0.15) is 0 Å². The fraction of sp³-hybridized carbons (Fsp3) is 0.0588. The number of hydrogen-bond donors (Lipinski definition) is 0. The summed E-state index contributed by atoms with van der Waals surface area (Å²) in [6.45, 7) is 1.70. The molecule has 0 amide bonds. The molecule has 0 saturated heterocycles. The Kier molecular flexibility index (Phi) is 4.09. The van der Waals surface area contributed by atoms with Crippen molar-refractivity contribution in [2.24, 2.45) is 0 Å². The number of nitrogens with zero attached hydrogens (tertiary/aromatic N) is 2. The van der Waals surface area contributed by atoms with E-state index in [0.717, 1.165) is 12.3 Å². The summed E-state index contributed by atoms with van der Waals surface area (Å²) in [5.74, 6) is -1.53. The second kappa shape index (κ2) is 6.04. The summed E-state index contributed by atoms with van der Waals surface area (Å²) in [5, 5.41) is 0. The third kappa shape index (κ3) is 2.82. The summed E-state index contributed by atoms with van der Waals surface area (Å²) < 4.78 is 28.9. The highest BCUT2D eigenvalue weighted by atomic mass is 79.9. The first-order chi connectivity index (χ1) is 11.0. The minimum absolute atomic E-state index is 0.00530. The van der Waals surface area contributed by atoms with Crippen LogP contribution in [0.2, 0.25) is 0 Å². The van der Waals surface area contributed by atoms with E-state index in [1.165, 1.54) is 10.6 Å². The van der Waals surface area contributed by atoms with E-state index in [2.05, 4.69) is 20.9 Å². The maximum Gasteiger partial charge on any atom is 0.269 e. The van der Waals surface area contributed by atoms with Gasteiger partial charge >= 0.3 is 0 Å². The molecule has 116 valence electrons. The number of hydrogen-bond acceptors (Lipinski definition) is 2. The van der Waals surface area contributed by atoms with Gasteiger partial charge in [0.25, 0.3) is 5.56 Å². The Morgan fingerprint density at radius 3 is 2.48 bits per heavy atom. The van der Waals surface area contributed by atoms with Crippen LogP contribution in [0.3, 0.4) is 0 Å². The number of aromatic nitrogens is 2. The SMILES string of the molecule is Cc1c(-c2ncc(F)cc2F)cc(Br)c(=O)n1-c1ccccc1. The molecule has 0 atom stereocenters. The van der Waals surface area contributed by atoms with Crippen LogP contribution in [-0.2, 0) is 0 Å². The van der Waals surface area contributed by atoms with Gasteiger partial charge in [-0.15, -0.1) is 0 Å². The molecule has 3 rings (SSSR count). The molecule has 2 heterocycles. The largest absolute Gasteiger partial charge is 0.280 e. The molecule has 0 unspecified atom stereocenters. The lowest BCUT2D eigenvalue weighted by Gasteiger charge is -2.15. The van der Waals surface area contributed by atoms with E-state index < -0.39 is 11.6 Å². The molecule has 0 fully saturated rings. The van der Waals surface area contributed by atoms with Crippen molar-refractivity contribution in [3.8, 4) is 16.9 Å². The predicted molar refractivity (Wildman–Crippen MR) is 87.6 cm³/mol. The Labute approximate surface area is 139 Å². The molecule has 6 heteroatoms. The van der Waals surface area contributed by atoms with E-state index in [1.807, 2.05) is 6.07 Å². The van der Waals surface area contributed by atoms with Gasteiger partial charge in [0.15, 0.2) is 5.82 Å². The van der Waals surface area contributed by atoms with E-state index in [1.54, 1.807) is 31.2 Å². The molecule has 0 aliphatic rings. The van der Waals surface area contributed by atoms with Crippen LogP contribution >= 0.6 is 15.9 Å². The molecule has 0 N–H and O–H groups in total. The Bertz CT molecular complexity index is 939. The molecule has 2 aromatic heterocycles. The van der Waals surface area contributed by atoms with E-state index >= 15 is 0 Å². The van der Waals surface area contributed by atoms with Crippen LogP contribution in [0.25, 0.3) is 16.9 Å². The van der Waals surface area contributed by atoms with Crippen molar-refractivity contribution in [2.45, 2.75) is 6.92 Å². The van der Waals surface area contributed by atoms with Crippen molar-refractivity contribution >= 4 is 15.9 Å². The van der Waals surface area contributed by atoms with E-state index in [-0.39, 0.29) is 15.7 Å². The van der Waals surface area contributed by atoms with Crippen LogP contribution in [0, 0.1) is 18.6 Å². The minimum atomic E-state index is -0.779. The van der Waals surface area contributed by atoms with Crippen molar-refractivity contribution in [2.75, 3.05) is 0 Å². The first-order valence-corrected chi connectivity index (χ1v) is 7.57. The molecule has 3 aromatic rings. The minimum Gasteiger partial charge on any atom is -0.280 e. The van der Waals surface area contributed by atoms with Gasteiger partial charge in [0.2, 0.25) is 0 Å². The summed E-state index contributed by atoms with van der Waals surface area (Å²) in [6, 6.07) is 11.3. The smallest absolute Gasteiger partial charge is 0.269 e. The van der Waals surface area contributed by atoms with Crippen molar-refractivity contribution < 1.29 is 8.78 Å². The highest BCUT2D eigenvalue weighted by molar-refractivity contribution is 9.10. The van der Waals surface area contributed by atoms with Crippen LogP contribution in [-0.4, -0.2) is 9.55 Å². The highest BCUT2D eigenvalue weighted by Crippen LogP contribution is 2.27. The lowest BCUT2D eigenvalue weighted by atomic mass is 10.1. The molecule has 0 spiro atoms. The monoisotopic (exact) mass is 376 g/mol. The predicted octanol–water partition coefficient (Wildman–Crippen LogP) is 4.25. The number of benzene rings is 1. The summed E-state index contributed by atoms with van der Waals surface area (Å²) in [7, 11) is 0. The molecular weight excluding hydrogens is 366 g/mol. The van der Waals surface area contributed by atoms with Crippen molar-refractivity contribution in [3.05, 3.63) is 80.8 Å². The molecule has 0 aliphatic heterocycles. The molecule has 0 radical (unpaired) electrons. The highest BCUT2D eigenvalue weighted by Gasteiger charge is 2.17. The molecule has 1 aromatic carbocycles. The average Bonchev–Trinajstić information content (AvgIpc) is 2.53. The topological polar surface area (TPSA) is 34.9 Å². The van der Waals surface area contributed by atoms with Gasteiger partial charge < -0.3 is 0 Å². The maximum absolute atomic E-state index is 14.1. The van der Waals surface area contributed by atoms with Crippen molar-refractivity contribution in [1.29, 1.82) is 0 Å². The Hall–Kier alpha value is -2.34. The van der Waals surface area contributed by atoms with Crippen LogP contribution < -0.4 is 5.56 Å². The zero-order valence-corrected chi connectivity index (χ0v) is 13.6. The molecule has 0 saturated carbocycles. The van der Waals surface area contributed by atoms with Gasteiger partial charge in [-0.3, -0.25) is 14.3 Å². The second-order valence-corrected chi connectivity index (χ2v) is 5.81. The van der Waals surface area contributed by atoms with Crippen LogP contribution in [0.1, 0.15) is 5.69 Å². The third-order valence-corrected chi connectivity index (χ3v) is 4.05. The first kappa shape index (κ1) is 15.6. The Morgan fingerprint density at radius 1 is 1.13 bits per heavy atom. The van der Waals surface area contributed by atoms with E-state index in [4.69, 9.17) is 0 Å². The standard InChI is InChI=1S/C17H11BrF2N2O/c1-10-13(16-15(20)7-11(19)9-21-16)8-14(18)17(23)22(10)12-5-3-2-4-6-12/h2-9H,1H3. The first-order valence-electron chi connectivity index (χ1n) is 6.78. The van der Waals surface area contributed by atoms with Gasteiger partial charge in [-0.25, -0.2) is 8.78 Å². The van der Waals surface area contributed by atoms with Gasteiger partial charge in [-0.05, 0) is 41.1 Å². The normalized spacial score (nSPS) is 10.8. The summed E-state index contributed by atoms with van der Waals surface area (Å²) in [5.41, 5.74) is 1.31. The maximum atomic E-state index is 14.1. The van der Waals surface area contributed by atoms with Crippen LogP contribution in [0.15, 0.2) is 57.9 Å². The molecule has 3 nitrogen and oxygen atoms in total. The number of para-hydroxylation sites is 1. The summed E-state index contributed by atoms with van der Waals surface area (Å²) in [4.78, 5) is 16.3. The average molecular weight is 377 g/mol. The molecule has 0 aliphatic carbocycles. The molecule has 0 bridgehead atoms. The summed E-state index contributed by atoms with van der Waals surface area (Å²) in [6.07, 6.45) is 0.948. The number of rotatable bonds is 2. The van der Waals surface area contributed by atoms with Gasteiger partial charge in [0.05, 0.1) is 10.7 Å². The fourth-order valence-electron chi connectivity index (χ4n) is 2.41. The van der Waals surface area contributed by atoms with Gasteiger partial charge in [0, 0.05) is 23.0 Å². The number of halogens is 3. The zero-order valence-electron chi connectivity index (χ0n) is 12.1. The molecular formula is C17H11BrF2N2O. The lowest BCUT2D eigenvalue weighted by molar-refractivity contribution is 0.576. The zero-order chi connectivity index (χ0) is 16.6. The van der Waals surface area contributed by atoms with Crippen LogP contribution in [0.5, 0.6) is 0 Å². The van der Waals surface area contributed by atoms with Gasteiger partial charge in [0.1, 0.15) is 11.5 Å². The van der Waals surface area contributed by atoms with Crippen molar-refractivity contribution in [1.82, 2.24) is 9.55 Å². The third-order valence-electron chi connectivity index (χ3n) is 3.48.